The minimum atomic E-state index is -0.183. The molecule has 1 aromatic carbocycles. The molecule has 6 heteroatoms. The summed E-state index contributed by atoms with van der Waals surface area (Å²) in [6, 6.07) is 11.6. The Morgan fingerprint density at radius 3 is 2.52 bits per heavy atom. The maximum absolute atomic E-state index is 12.2. The molecule has 0 unspecified atom stereocenters. The van der Waals surface area contributed by atoms with Crippen molar-refractivity contribution in [2.24, 2.45) is 0 Å². The van der Waals surface area contributed by atoms with E-state index in [0.29, 0.717) is 12.3 Å². The molecule has 134 valence electrons. The summed E-state index contributed by atoms with van der Waals surface area (Å²) in [5.41, 5.74) is 1.17. The molecular formula is C19H25N3O3. The Bertz CT molecular complexity index is 662. The van der Waals surface area contributed by atoms with Gasteiger partial charge in [0, 0.05) is 32.7 Å². The van der Waals surface area contributed by atoms with Crippen molar-refractivity contribution in [1.29, 1.82) is 0 Å². The Balaban J connectivity index is 1.72. The number of nitrogens with one attached hydrogen (secondary N) is 1. The predicted octanol–water partition coefficient (Wildman–Crippen LogP) is 2.01. The van der Waals surface area contributed by atoms with Crippen LogP contribution >= 0.6 is 0 Å². The van der Waals surface area contributed by atoms with Crippen LogP contribution in [0.25, 0.3) is 0 Å². The molecule has 0 aliphatic carbocycles. The van der Waals surface area contributed by atoms with Gasteiger partial charge < -0.3 is 19.4 Å². The molecule has 1 saturated heterocycles. The second-order valence-electron chi connectivity index (χ2n) is 6.32. The molecular weight excluding hydrogens is 318 g/mol. The van der Waals surface area contributed by atoms with Crippen LogP contribution in [0.15, 0.2) is 47.1 Å². The molecule has 1 fully saturated rings. The van der Waals surface area contributed by atoms with Crippen molar-refractivity contribution in [3.8, 4) is 5.75 Å². The van der Waals surface area contributed by atoms with Gasteiger partial charge in [0.05, 0.1) is 19.4 Å². The molecule has 0 saturated carbocycles. The fourth-order valence-corrected chi connectivity index (χ4v) is 3.10. The van der Waals surface area contributed by atoms with Crippen molar-refractivity contribution in [2.75, 3.05) is 46.9 Å². The molecule has 1 amide bonds. The van der Waals surface area contributed by atoms with Crippen LogP contribution in [0.1, 0.15) is 22.2 Å². The zero-order chi connectivity index (χ0) is 17.6. The Labute approximate surface area is 148 Å². The highest BCUT2D eigenvalue weighted by Crippen LogP contribution is 2.24. The van der Waals surface area contributed by atoms with Gasteiger partial charge in [0.2, 0.25) is 0 Å². The Morgan fingerprint density at radius 1 is 1.20 bits per heavy atom. The molecule has 1 aliphatic rings. The van der Waals surface area contributed by atoms with Crippen LogP contribution in [0.2, 0.25) is 0 Å². The standard InChI is InChI=1S/C19H25N3O3/c1-21-9-11-22(12-10-21)17(15-5-7-16(24-2)8-6-15)14-20-19(23)18-4-3-13-25-18/h3-8,13,17H,9-12,14H2,1-2H3,(H,20,23)/t17-/m1/s1. The van der Waals surface area contributed by atoms with Gasteiger partial charge in [-0.2, -0.15) is 0 Å². The molecule has 3 rings (SSSR count). The fourth-order valence-electron chi connectivity index (χ4n) is 3.10. The molecule has 2 aromatic rings. The monoisotopic (exact) mass is 343 g/mol. The van der Waals surface area contributed by atoms with Crippen LogP contribution < -0.4 is 10.1 Å². The SMILES string of the molecule is COc1ccc([C@@H](CNC(=O)c2ccco2)N2CCN(C)CC2)cc1. The quantitative estimate of drug-likeness (QED) is 0.869. The van der Waals surface area contributed by atoms with Gasteiger partial charge in [-0.3, -0.25) is 9.69 Å². The lowest BCUT2D eigenvalue weighted by atomic mass is 10.0. The van der Waals surface area contributed by atoms with Gasteiger partial charge in [-0.15, -0.1) is 0 Å². The normalized spacial score (nSPS) is 17.2. The molecule has 0 radical (unpaired) electrons. The summed E-state index contributed by atoms with van der Waals surface area (Å²) in [5.74, 6) is 0.991. The van der Waals surface area contributed by atoms with E-state index in [1.165, 1.54) is 11.8 Å². The Morgan fingerprint density at radius 2 is 1.92 bits per heavy atom. The molecule has 2 heterocycles. The molecule has 1 aromatic heterocycles. The number of nitrogens with zero attached hydrogens (tertiary/aromatic N) is 2. The highest BCUT2D eigenvalue weighted by atomic mass is 16.5. The smallest absolute Gasteiger partial charge is 0.287 e. The number of furan rings is 1. The number of methoxy groups -OCH3 is 1. The topological polar surface area (TPSA) is 58.0 Å². The highest BCUT2D eigenvalue weighted by Gasteiger charge is 2.25. The van der Waals surface area contributed by atoms with Gasteiger partial charge in [0.25, 0.3) is 5.91 Å². The lowest BCUT2D eigenvalue weighted by molar-refractivity contribution is 0.0863. The first-order valence-electron chi connectivity index (χ1n) is 8.55. The molecule has 0 spiro atoms. The summed E-state index contributed by atoms with van der Waals surface area (Å²) in [6.07, 6.45) is 1.51. The predicted molar refractivity (Wildman–Crippen MR) is 95.8 cm³/mol. The minimum Gasteiger partial charge on any atom is -0.497 e. The summed E-state index contributed by atoms with van der Waals surface area (Å²) in [5, 5.41) is 3.00. The second kappa shape index (κ2) is 8.18. The number of hydrogen-bond donors (Lipinski definition) is 1. The van der Waals surface area contributed by atoms with Gasteiger partial charge in [-0.25, -0.2) is 0 Å². The van der Waals surface area contributed by atoms with Crippen LogP contribution in [0.3, 0.4) is 0 Å². The number of piperazine rings is 1. The lowest BCUT2D eigenvalue weighted by Crippen LogP contribution is -2.48. The van der Waals surface area contributed by atoms with Crippen LogP contribution in [-0.2, 0) is 0 Å². The summed E-state index contributed by atoms with van der Waals surface area (Å²) in [6.45, 7) is 4.54. The first kappa shape index (κ1) is 17.5. The number of benzene rings is 1. The number of ether oxygens (including phenoxy) is 1. The average Bonchev–Trinajstić information content (AvgIpc) is 3.18. The Kier molecular flexibility index (Phi) is 5.73. The molecule has 6 nitrogen and oxygen atoms in total. The number of likely N-dealkylation sites (N-methyl/N-ethyl adjacent to an activating group) is 1. The van der Waals surface area contributed by atoms with Crippen molar-refractivity contribution >= 4 is 5.91 Å². The number of carbonyl (C=O) groups excluding carboxylic acids is 1. The van der Waals surface area contributed by atoms with E-state index < -0.39 is 0 Å². The van der Waals surface area contributed by atoms with Crippen molar-refractivity contribution < 1.29 is 13.9 Å². The van der Waals surface area contributed by atoms with E-state index in [-0.39, 0.29) is 11.9 Å². The van der Waals surface area contributed by atoms with Crippen molar-refractivity contribution in [1.82, 2.24) is 15.1 Å². The van der Waals surface area contributed by atoms with Crippen LogP contribution in [0, 0.1) is 0 Å². The lowest BCUT2D eigenvalue weighted by Gasteiger charge is -2.38. The summed E-state index contributed by atoms with van der Waals surface area (Å²) < 4.78 is 10.4. The molecule has 1 N–H and O–H groups in total. The van der Waals surface area contributed by atoms with E-state index in [4.69, 9.17) is 9.15 Å². The third-order valence-corrected chi connectivity index (χ3v) is 4.68. The number of carbonyl (C=O) groups is 1. The van der Waals surface area contributed by atoms with E-state index in [9.17, 15) is 4.79 Å². The van der Waals surface area contributed by atoms with Gasteiger partial charge in [-0.05, 0) is 36.9 Å². The van der Waals surface area contributed by atoms with Gasteiger partial charge in [-0.1, -0.05) is 12.1 Å². The maximum atomic E-state index is 12.2. The van der Waals surface area contributed by atoms with Gasteiger partial charge in [0.15, 0.2) is 5.76 Å². The highest BCUT2D eigenvalue weighted by molar-refractivity contribution is 5.91. The van der Waals surface area contributed by atoms with Gasteiger partial charge >= 0.3 is 0 Å². The van der Waals surface area contributed by atoms with Crippen LogP contribution in [0.5, 0.6) is 5.75 Å². The van der Waals surface area contributed by atoms with Crippen molar-refractivity contribution in [3.63, 3.8) is 0 Å². The molecule has 1 aliphatic heterocycles. The third-order valence-electron chi connectivity index (χ3n) is 4.68. The summed E-state index contributed by atoms with van der Waals surface area (Å²) in [7, 11) is 3.80. The molecule has 25 heavy (non-hydrogen) atoms. The molecule has 0 bridgehead atoms. The van der Waals surface area contributed by atoms with E-state index in [1.54, 1.807) is 19.2 Å². The van der Waals surface area contributed by atoms with E-state index in [0.717, 1.165) is 31.9 Å². The first-order valence-corrected chi connectivity index (χ1v) is 8.55. The van der Waals surface area contributed by atoms with E-state index in [2.05, 4.69) is 34.3 Å². The average molecular weight is 343 g/mol. The third kappa shape index (κ3) is 4.41. The maximum Gasteiger partial charge on any atom is 0.287 e. The number of hydrogen-bond acceptors (Lipinski definition) is 5. The zero-order valence-electron chi connectivity index (χ0n) is 14.8. The summed E-state index contributed by atoms with van der Waals surface area (Å²) >= 11 is 0. The molecule has 1 atom stereocenters. The minimum absolute atomic E-state index is 0.124. The van der Waals surface area contributed by atoms with Crippen molar-refractivity contribution in [2.45, 2.75) is 6.04 Å². The second-order valence-corrected chi connectivity index (χ2v) is 6.32. The van der Waals surface area contributed by atoms with Crippen molar-refractivity contribution in [3.05, 3.63) is 54.0 Å². The first-order chi connectivity index (χ1) is 12.2. The summed E-state index contributed by atoms with van der Waals surface area (Å²) in [4.78, 5) is 17.0. The Hall–Kier alpha value is -2.31. The van der Waals surface area contributed by atoms with E-state index in [1.807, 2.05) is 12.1 Å². The fraction of sp³-hybridized carbons (Fsp3) is 0.421. The largest absolute Gasteiger partial charge is 0.497 e. The van der Waals surface area contributed by atoms with Crippen LogP contribution in [0.4, 0.5) is 0 Å². The number of rotatable bonds is 6. The van der Waals surface area contributed by atoms with Crippen LogP contribution in [-0.4, -0.2) is 62.6 Å². The number of amides is 1. The van der Waals surface area contributed by atoms with Gasteiger partial charge in [0.1, 0.15) is 5.75 Å². The zero-order valence-corrected chi connectivity index (χ0v) is 14.8. The van der Waals surface area contributed by atoms with E-state index >= 15 is 0 Å².